The monoisotopic (exact) mass is 368 g/mol. The van der Waals surface area contributed by atoms with Gasteiger partial charge in [-0.05, 0) is 39.3 Å². The van der Waals surface area contributed by atoms with Crippen LogP contribution in [0.3, 0.4) is 0 Å². The summed E-state index contributed by atoms with van der Waals surface area (Å²) in [4.78, 5) is 21.1. The molecule has 2 saturated heterocycles. The van der Waals surface area contributed by atoms with E-state index < -0.39 is 9.84 Å². The third-order valence-corrected chi connectivity index (χ3v) is 7.25. The number of nitrogens with zero attached hydrogens (tertiary/aromatic N) is 4. The summed E-state index contributed by atoms with van der Waals surface area (Å²) < 4.78 is 25.4. The first-order chi connectivity index (χ1) is 11.9. The number of hydrogen-bond acceptors (Lipinski definition) is 5. The molecule has 0 saturated carbocycles. The van der Waals surface area contributed by atoms with Crippen LogP contribution in [0.2, 0.25) is 0 Å². The van der Waals surface area contributed by atoms with E-state index in [1.807, 2.05) is 17.8 Å². The summed E-state index contributed by atoms with van der Waals surface area (Å²) in [6.07, 6.45) is 6.05. The Balaban J connectivity index is 1.51. The summed E-state index contributed by atoms with van der Waals surface area (Å²) in [6.45, 7) is 5.06. The van der Waals surface area contributed by atoms with Gasteiger partial charge in [0.2, 0.25) is 5.91 Å². The molecule has 0 spiro atoms. The summed E-state index contributed by atoms with van der Waals surface area (Å²) in [7, 11) is -1.01. The van der Waals surface area contributed by atoms with Crippen molar-refractivity contribution in [2.24, 2.45) is 5.92 Å². The van der Waals surface area contributed by atoms with Crippen LogP contribution in [0.5, 0.6) is 0 Å². The lowest BCUT2D eigenvalue weighted by molar-refractivity contribution is -0.136. The van der Waals surface area contributed by atoms with Crippen LogP contribution in [-0.4, -0.2) is 71.4 Å². The first-order valence-electron chi connectivity index (χ1n) is 9.09. The molecule has 0 N–H and O–H groups in total. The van der Waals surface area contributed by atoms with Gasteiger partial charge in [0.15, 0.2) is 9.84 Å². The smallest absolute Gasteiger partial charge is 0.225 e. The molecular formula is C17H28N4O3S. The second-order valence-electron chi connectivity index (χ2n) is 7.19. The number of hydrogen-bond donors (Lipinski definition) is 0. The zero-order chi connectivity index (χ0) is 18.0. The molecule has 1 aromatic heterocycles. The molecule has 3 heterocycles. The number of sulfone groups is 1. The maximum atomic E-state index is 12.7. The van der Waals surface area contributed by atoms with Gasteiger partial charge in [0, 0.05) is 37.9 Å². The molecule has 2 aliphatic heterocycles. The van der Waals surface area contributed by atoms with Crippen LogP contribution >= 0.6 is 0 Å². The predicted molar refractivity (Wildman–Crippen MR) is 95.7 cm³/mol. The highest BCUT2D eigenvalue weighted by molar-refractivity contribution is 7.91. The highest BCUT2D eigenvalue weighted by Crippen LogP contribution is 2.25. The first kappa shape index (κ1) is 18.4. The van der Waals surface area contributed by atoms with E-state index in [1.165, 1.54) is 0 Å². The van der Waals surface area contributed by atoms with Crippen molar-refractivity contribution in [3.8, 4) is 0 Å². The molecule has 0 unspecified atom stereocenters. The maximum absolute atomic E-state index is 12.7. The van der Waals surface area contributed by atoms with Crippen LogP contribution in [0, 0.1) is 5.92 Å². The van der Waals surface area contributed by atoms with Gasteiger partial charge in [0.1, 0.15) is 5.82 Å². The van der Waals surface area contributed by atoms with Crippen molar-refractivity contribution in [1.82, 2.24) is 19.4 Å². The Morgan fingerprint density at radius 2 is 2.04 bits per heavy atom. The summed E-state index contributed by atoms with van der Waals surface area (Å²) in [5, 5.41) is 0. The van der Waals surface area contributed by atoms with Gasteiger partial charge < -0.3 is 9.47 Å². The van der Waals surface area contributed by atoms with Gasteiger partial charge in [-0.15, -0.1) is 0 Å². The Hall–Kier alpha value is -1.41. The van der Waals surface area contributed by atoms with Gasteiger partial charge in [-0.1, -0.05) is 0 Å². The van der Waals surface area contributed by atoms with E-state index in [4.69, 9.17) is 0 Å². The Morgan fingerprint density at radius 1 is 1.32 bits per heavy atom. The molecule has 140 valence electrons. The first-order valence-corrected chi connectivity index (χ1v) is 10.9. The minimum absolute atomic E-state index is 0.0318. The molecule has 0 aliphatic carbocycles. The topological polar surface area (TPSA) is 75.5 Å². The maximum Gasteiger partial charge on any atom is 0.225 e. The number of carbonyl (C=O) groups is 1. The van der Waals surface area contributed by atoms with Crippen molar-refractivity contribution < 1.29 is 13.2 Å². The molecule has 3 rings (SSSR count). The fraction of sp³-hybridized carbons (Fsp3) is 0.765. The van der Waals surface area contributed by atoms with Crippen LogP contribution in [0.1, 0.15) is 32.0 Å². The number of rotatable bonds is 5. The highest BCUT2D eigenvalue weighted by atomic mass is 32.2. The lowest BCUT2D eigenvalue weighted by Gasteiger charge is -2.36. The van der Waals surface area contributed by atoms with Gasteiger partial charge in [-0.2, -0.15) is 0 Å². The van der Waals surface area contributed by atoms with Crippen LogP contribution < -0.4 is 0 Å². The van der Waals surface area contributed by atoms with E-state index in [9.17, 15) is 13.2 Å². The standard InChI is InChI=1S/C17H28N4O3S/c1-3-20-10-7-18-16(20)12-19(2)17(22)14-4-8-21(9-5-14)15-6-11-25(23,24)13-15/h7,10,14-15H,3-6,8-9,11-13H2,1-2H3/t15-/m1/s1. The van der Waals surface area contributed by atoms with Crippen molar-refractivity contribution in [3.63, 3.8) is 0 Å². The fourth-order valence-corrected chi connectivity index (χ4v) is 5.72. The summed E-state index contributed by atoms with van der Waals surface area (Å²) in [5.41, 5.74) is 0. The molecule has 0 radical (unpaired) electrons. The SMILES string of the molecule is CCn1ccnc1CN(C)C(=O)C1CCN([C@@H]2CCS(=O)(=O)C2)CC1. The second kappa shape index (κ2) is 7.45. The number of carbonyl (C=O) groups excluding carboxylic acids is 1. The Bertz CT molecular complexity index is 707. The average molecular weight is 369 g/mol. The molecule has 2 aliphatic rings. The Labute approximate surface area is 149 Å². The minimum atomic E-state index is -2.85. The molecule has 25 heavy (non-hydrogen) atoms. The molecule has 1 atom stereocenters. The van der Waals surface area contributed by atoms with Gasteiger partial charge >= 0.3 is 0 Å². The molecule has 0 aromatic carbocycles. The van der Waals surface area contributed by atoms with Crippen LogP contribution in [-0.2, 0) is 27.7 Å². The van der Waals surface area contributed by atoms with Gasteiger partial charge in [-0.25, -0.2) is 13.4 Å². The number of piperidine rings is 1. The van der Waals surface area contributed by atoms with Crippen molar-refractivity contribution in [2.75, 3.05) is 31.6 Å². The number of amides is 1. The Kier molecular flexibility index (Phi) is 5.48. The minimum Gasteiger partial charge on any atom is -0.338 e. The summed E-state index contributed by atoms with van der Waals surface area (Å²) >= 11 is 0. The van der Waals surface area contributed by atoms with Gasteiger partial charge in [-0.3, -0.25) is 9.69 Å². The lowest BCUT2D eigenvalue weighted by Crippen LogP contribution is -2.45. The van der Waals surface area contributed by atoms with Crippen LogP contribution in [0.25, 0.3) is 0 Å². The summed E-state index contributed by atoms with van der Waals surface area (Å²) in [5.74, 6) is 1.70. The fourth-order valence-electron chi connectivity index (χ4n) is 3.96. The largest absolute Gasteiger partial charge is 0.338 e. The third kappa shape index (κ3) is 4.23. The molecule has 0 bridgehead atoms. The average Bonchev–Trinajstić information content (AvgIpc) is 3.20. The Morgan fingerprint density at radius 3 is 2.64 bits per heavy atom. The molecular weight excluding hydrogens is 340 g/mol. The van der Waals surface area contributed by atoms with E-state index in [-0.39, 0.29) is 23.6 Å². The number of likely N-dealkylation sites (tertiary alicyclic amines) is 1. The molecule has 7 nitrogen and oxygen atoms in total. The summed E-state index contributed by atoms with van der Waals surface area (Å²) in [6, 6.07) is 0.149. The number of aromatic nitrogens is 2. The quantitative estimate of drug-likeness (QED) is 0.767. The van der Waals surface area contributed by atoms with Crippen LogP contribution in [0.15, 0.2) is 12.4 Å². The van der Waals surface area contributed by atoms with Crippen LogP contribution in [0.4, 0.5) is 0 Å². The number of aryl methyl sites for hydroxylation is 1. The predicted octanol–water partition coefficient (Wildman–Crippen LogP) is 0.761. The van der Waals surface area contributed by atoms with E-state index in [0.29, 0.717) is 12.3 Å². The van der Waals surface area contributed by atoms with E-state index in [1.54, 1.807) is 11.1 Å². The van der Waals surface area contributed by atoms with Crippen molar-refractivity contribution >= 4 is 15.7 Å². The van der Waals surface area contributed by atoms with E-state index >= 15 is 0 Å². The van der Waals surface area contributed by atoms with Crippen molar-refractivity contribution in [2.45, 2.75) is 45.3 Å². The number of imidazole rings is 1. The molecule has 8 heteroatoms. The lowest BCUT2D eigenvalue weighted by atomic mass is 9.94. The van der Waals surface area contributed by atoms with Gasteiger partial charge in [0.25, 0.3) is 0 Å². The zero-order valence-electron chi connectivity index (χ0n) is 15.1. The van der Waals surface area contributed by atoms with Crippen molar-refractivity contribution in [1.29, 1.82) is 0 Å². The van der Waals surface area contributed by atoms with Crippen molar-refractivity contribution in [3.05, 3.63) is 18.2 Å². The normalized spacial score (nSPS) is 24.5. The molecule has 2 fully saturated rings. The van der Waals surface area contributed by atoms with Gasteiger partial charge in [0.05, 0.1) is 18.1 Å². The zero-order valence-corrected chi connectivity index (χ0v) is 15.9. The second-order valence-corrected chi connectivity index (χ2v) is 9.42. The molecule has 1 amide bonds. The molecule has 1 aromatic rings. The van der Waals surface area contributed by atoms with E-state index in [2.05, 4.69) is 16.8 Å². The van der Waals surface area contributed by atoms with E-state index in [0.717, 1.165) is 44.7 Å². The highest BCUT2D eigenvalue weighted by Gasteiger charge is 2.35. The third-order valence-electron chi connectivity index (χ3n) is 5.50.